The van der Waals surface area contributed by atoms with Gasteiger partial charge in [0.2, 0.25) is 0 Å². The van der Waals surface area contributed by atoms with E-state index in [0.29, 0.717) is 26.3 Å². The second-order valence-corrected chi connectivity index (χ2v) is 4.86. The van der Waals surface area contributed by atoms with Gasteiger partial charge in [-0.2, -0.15) is 14.1 Å². The fourth-order valence-electron chi connectivity index (χ4n) is 0.547. The first-order valence-electron chi connectivity index (χ1n) is 4.30. The summed E-state index contributed by atoms with van der Waals surface area (Å²) in [5.41, 5.74) is 0. The molecular formula is C6H14F6N2O2PU-. The van der Waals surface area contributed by atoms with E-state index in [2.05, 4.69) is 5.32 Å². The molecule has 1 aliphatic rings. The Morgan fingerprint density at radius 1 is 1.00 bits per heavy atom. The molecule has 18 heavy (non-hydrogen) atoms. The van der Waals surface area contributed by atoms with Crippen molar-refractivity contribution in [1.29, 1.82) is 0 Å². The summed E-state index contributed by atoms with van der Waals surface area (Å²) in [7, 11) is -7.16. The van der Waals surface area contributed by atoms with Crippen molar-refractivity contribution in [2.75, 3.05) is 40.4 Å². The first-order valence-corrected chi connectivity index (χ1v) is 6.33. The van der Waals surface area contributed by atoms with Crippen molar-refractivity contribution in [1.82, 2.24) is 5.06 Å². The van der Waals surface area contributed by atoms with Gasteiger partial charge in [0, 0.05) is 13.1 Å². The largest absolute Gasteiger partial charge is 2.00 e. The molecule has 0 atom stereocenters. The Kier molecular flexibility index (Phi) is 11.0. The number of hydrogen-bond acceptors (Lipinski definition) is 3. The fourth-order valence-corrected chi connectivity index (χ4v) is 0.547. The average molecular weight is 529 g/mol. The van der Waals surface area contributed by atoms with Crippen LogP contribution in [0.1, 0.15) is 0 Å². The molecule has 1 aliphatic heterocycles. The number of rotatable bonds is 0. The first kappa shape index (κ1) is 24.0. The second-order valence-electron chi connectivity index (χ2n) is 2.95. The predicted octanol–water partition coefficient (Wildman–Crippen LogP) is 3.82. The minimum atomic E-state index is -10.7. The molecular weight excluding hydrogens is 515 g/mol. The van der Waals surface area contributed by atoms with Crippen LogP contribution < -0.4 is 0 Å². The summed E-state index contributed by atoms with van der Waals surface area (Å²) in [6, 6.07) is 0. The van der Waals surface area contributed by atoms with Crippen molar-refractivity contribution in [3.63, 3.8) is 0 Å². The summed E-state index contributed by atoms with van der Waals surface area (Å²) < 4.78 is 64.1. The summed E-state index contributed by atoms with van der Waals surface area (Å²) in [5.74, 6) is 0. The van der Waals surface area contributed by atoms with E-state index in [0.717, 1.165) is 5.06 Å². The fraction of sp³-hybridized carbons (Fsp3) is 1.00. The minimum Gasteiger partial charge on any atom is -0.785 e. The van der Waals surface area contributed by atoms with Crippen LogP contribution in [0.5, 0.6) is 0 Å². The Morgan fingerprint density at radius 2 is 1.22 bits per heavy atom. The van der Waals surface area contributed by atoms with E-state index >= 15 is 0 Å². The zero-order chi connectivity index (χ0) is 14.2. The second kappa shape index (κ2) is 8.25. The van der Waals surface area contributed by atoms with Crippen molar-refractivity contribution < 1.29 is 61.0 Å². The van der Waals surface area contributed by atoms with E-state index in [-0.39, 0.29) is 31.1 Å². The van der Waals surface area contributed by atoms with Crippen molar-refractivity contribution in [2.45, 2.75) is 0 Å². The first-order chi connectivity index (χ1) is 7.26. The number of hydroxylamine groups is 2. The molecule has 0 N–H and O–H groups in total. The predicted molar refractivity (Wildman–Crippen MR) is 54.5 cm³/mol. The zero-order valence-electron chi connectivity index (χ0n) is 9.75. The molecule has 1 heterocycles. The van der Waals surface area contributed by atoms with Gasteiger partial charge in [-0.05, 0) is 0 Å². The molecule has 0 unspecified atom stereocenters. The van der Waals surface area contributed by atoms with Crippen LogP contribution in [0.4, 0.5) is 25.2 Å². The molecule has 0 bridgehead atoms. The third kappa shape index (κ3) is 53.9. The maximum absolute atomic E-state index is 10.7. The monoisotopic (exact) mass is 529 g/mol. The van der Waals surface area contributed by atoms with Gasteiger partial charge in [0.25, 0.3) is 0 Å². The Labute approximate surface area is 125 Å². The molecule has 0 radical (unpaired) electrons. The molecule has 1 fully saturated rings. The Bertz CT molecular complexity index is 196. The summed E-state index contributed by atoms with van der Waals surface area (Å²) in [6.07, 6.45) is 0. The van der Waals surface area contributed by atoms with Crippen molar-refractivity contribution >= 4 is 7.81 Å². The molecule has 12 heteroatoms. The molecule has 0 spiro atoms. The van der Waals surface area contributed by atoms with Crippen LogP contribution in [-0.2, 0) is 4.74 Å². The summed E-state index contributed by atoms with van der Waals surface area (Å²) in [5, 5.41) is 14.8. The van der Waals surface area contributed by atoms with E-state index < -0.39 is 7.81 Å². The molecule has 112 valence electrons. The summed E-state index contributed by atoms with van der Waals surface area (Å²) >= 11 is 0. The average Bonchev–Trinajstić information content (AvgIpc) is 2.00. The van der Waals surface area contributed by atoms with Crippen molar-refractivity contribution in [2.24, 2.45) is 0 Å². The number of morpholine rings is 1. The van der Waals surface area contributed by atoms with Gasteiger partial charge in [-0.25, -0.2) is 0 Å². The number of ether oxygens (including phenoxy) is 1. The molecule has 1 rings (SSSR count). The summed E-state index contributed by atoms with van der Waals surface area (Å²) in [4.78, 5) is 0. The van der Waals surface area contributed by atoms with Gasteiger partial charge in [-0.15, -0.1) is 0 Å². The molecule has 0 aromatic heterocycles. The van der Waals surface area contributed by atoms with Gasteiger partial charge in [-0.3, -0.25) is 0 Å². The molecule has 0 aromatic rings. The zero-order valence-corrected chi connectivity index (χ0v) is 14.8. The molecule has 0 aromatic carbocycles. The maximum atomic E-state index is 10.3. The number of halogens is 6. The van der Waals surface area contributed by atoms with Crippen molar-refractivity contribution in [3.8, 4) is 0 Å². The topological polar surface area (TPSA) is 49.6 Å². The van der Waals surface area contributed by atoms with Gasteiger partial charge >= 0.3 is 64.1 Å². The molecule has 4 nitrogen and oxygen atoms in total. The minimum absolute atomic E-state index is 0. The van der Waals surface area contributed by atoms with Crippen LogP contribution in [0.2, 0.25) is 0 Å². The van der Waals surface area contributed by atoms with Crippen LogP contribution in [0.15, 0.2) is 0 Å². The van der Waals surface area contributed by atoms with Crippen LogP contribution >= 0.6 is 7.81 Å². The van der Waals surface area contributed by atoms with Gasteiger partial charge < -0.3 is 20.3 Å². The normalized spacial score (nSPS) is 19.8. The maximum Gasteiger partial charge on any atom is 2.00 e. The molecule has 0 saturated carbocycles. The number of nitrogens with zero attached hydrogens (tertiary/aromatic N) is 2. The molecule has 0 aliphatic carbocycles. The van der Waals surface area contributed by atoms with E-state index in [1.807, 2.05) is 0 Å². The van der Waals surface area contributed by atoms with E-state index in [9.17, 15) is 30.4 Å². The van der Waals surface area contributed by atoms with Gasteiger partial charge in [0.1, 0.15) is 0 Å². The van der Waals surface area contributed by atoms with E-state index in [1.54, 1.807) is 14.1 Å². The molecule has 1 saturated heterocycles. The van der Waals surface area contributed by atoms with Crippen LogP contribution in [-0.4, -0.2) is 45.5 Å². The standard InChI is InChI=1S/C4H8NO2.C2H6N.F6P.U/c6-5-1-3-7-4-2-5;1-3-2;1-7(2,3,4,5)6;/h1-4H2;1-2H3;;/q3*-1;+2. The van der Waals surface area contributed by atoms with Gasteiger partial charge in [0.05, 0.1) is 13.2 Å². The van der Waals surface area contributed by atoms with Crippen LogP contribution in [0.3, 0.4) is 0 Å². The van der Waals surface area contributed by atoms with E-state index in [4.69, 9.17) is 4.74 Å². The Hall–Kier alpha value is 0.902. The number of hydrogen-bond donors (Lipinski definition) is 0. The SMILES string of the molecule is C[N-]C.F[P-](F)(F)(F)(F)F.[O-]N1CCOCC1.[U+2]. The summed E-state index contributed by atoms with van der Waals surface area (Å²) in [6.45, 7) is 2.28. The smallest absolute Gasteiger partial charge is 0.785 e. The molecule has 0 amide bonds. The Morgan fingerprint density at radius 3 is 1.33 bits per heavy atom. The Balaban J connectivity index is -0.000000197. The third-order valence-electron chi connectivity index (χ3n) is 0.970. The van der Waals surface area contributed by atoms with Crippen molar-refractivity contribution in [3.05, 3.63) is 10.5 Å². The van der Waals surface area contributed by atoms with Crippen LogP contribution in [0, 0.1) is 36.3 Å². The van der Waals surface area contributed by atoms with Gasteiger partial charge in [0.15, 0.2) is 0 Å². The third-order valence-corrected chi connectivity index (χ3v) is 0.970. The quantitative estimate of drug-likeness (QED) is 0.355. The van der Waals surface area contributed by atoms with E-state index in [1.165, 1.54) is 0 Å². The van der Waals surface area contributed by atoms with Crippen LogP contribution in [0.25, 0.3) is 5.32 Å². The van der Waals surface area contributed by atoms with Gasteiger partial charge in [-0.1, -0.05) is 0 Å².